The Morgan fingerprint density at radius 3 is 3.00 bits per heavy atom. The van der Waals surface area contributed by atoms with Crippen molar-refractivity contribution in [3.63, 3.8) is 0 Å². The van der Waals surface area contributed by atoms with Gasteiger partial charge in [0.25, 0.3) is 0 Å². The molecule has 1 saturated carbocycles. The van der Waals surface area contributed by atoms with E-state index in [2.05, 4.69) is 15.2 Å². The van der Waals surface area contributed by atoms with Crippen molar-refractivity contribution < 1.29 is 9.47 Å². The molecule has 2 aromatic rings. The molecule has 2 aromatic heterocycles. The first-order valence-electron chi connectivity index (χ1n) is 7.61. The van der Waals surface area contributed by atoms with Gasteiger partial charge in [-0.1, -0.05) is 0 Å². The minimum Gasteiger partial charge on any atom is -0.483 e. The van der Waals surface area contributed by atoms with E-state index >= 15 is 0 Å². The summed E-state index contributed by atoms with van der Waals surface area (Å²) in [6.07, 6.45) is 5.86. The molecule has 0 unspecified atom stereocenters. The summed E-state index contributed by atoms with van der Waals surface area (Å²) in [6, 6.07) is -0.0804. The Morgan fingerprint density at radius 2 is 2.27 bits per heavy atom. The van der Waals surface area contributed by atoms with Gasteiger partial charge in [0, 0.05) is 13.0 Å². The van der Waals surface area contributed by atoms with Crippen LogP contribution in [0.1, 0.15) is 30.4 Å². The highest BCUT2D eigenvalue weighted by Crippen LogP contribution is 2.38. The molecule has 0 radical (unpaired) electrons. The molecule has 2 fully saturated rings. The molecular formula is C14H20N6O2. The van der Waals surface area contributed by atoms with E-state index < -0.39 is 0 Å². The third-order valence-electron chi connectivity index (χ3n) is 4.08. The molecule has 0 bridgehead atoms. The zero-order valence-electron chi connectivity index (χ0n) is 12.6. The first-order valence-corrected chi connectivity index (χ1v) is 7.61. The van der Waals surface area contributed by atoms with Crippen LogP contribution >= 0.6 is 0 Å². The van der Waals surface area contributed by atoms with Crippen molar-refractivity contribution >= 4 is 0 Å². The predicted octanol–water partition coefficient (Wildman–Crippen LogP) is 0.0422. The standard InChI is InChI=1S/C14H20N6O2/c1-19-13(17-14(18-19)9-2-3-9)6-20-5-10(4-16-20)22-12-8-21-7-11(12)15/h4-5,9,11-12H,2-3,6-8,15H2,1H3/t11-,12+/m0/s1. The number of nitrogens with zero attached hydrogens (tertiary/aromatic N) is 5. The molecule has 1 aliphatic heterocycles. The molecule has 4 rings (SSSR count). The van der Waals surface area contributed by atoms with Gasteiger partial charge < -0.3 is 15.2 Å². The van der Waals surface area contributed by atoms with Gasteiger partial charge in [-0.15, -0.1) is 0 Å². The van der Waals surface area contributed by atoms with Gasteiger partial charge in [0.05, 0.1) is 31.6 Å². The summed E-state index contributed by atoms with van der Waals surface area (Å²) in [5, 5.41) is 8.79. The van der Waals surface area contributed by atoms with Crippen LogP contribution in [0.5, 0.6) is 5.75 Å². The molecule has 0 aromatic carbocycles. The van der Waals surface area contributed by atoms with Crippen molar-refractivity contribution in [2.45, 2.75) is 37.5 Å². The summed E-state index contributed by atoms with van der Waals surface area (Å²) in [5.74, 6) is 3.11. The molecule has 0 spiro atoms. The fourth-order valence-electron chi connectivity index (χ4n) is 2.57. The van der Waals surface area contributed by atoms with Gasteiger partial charge in [0.2, 0.25) is 0 Å². The number of aryl methyl sites for hydroxylation is 1. The van der Waals surface area contributed by atoms with Crippen molar-refractivity contribution in [3.8, 4) is 5.75 Å². The molecule has 8 nitrogen and oxygen atoms in total. The molecule has 2 aliphatic rings. The van der Waals surface area contributed by atoms with Crippen LogP contribution in [0.4, 0.5) is 0 Å². The number of ether oxygens (including phenoxy) is 2. The van der Waals surface area contributed by atoms with Crippen LogP contribution < -0.4 is 10.5 Å². The van der Waals surface area contributed by atoms with Gasteiger partial charge in [-0.2, -0.15) is 10.2 Å². The molecule has 1 saturated heterocycles. The Balaban J connectivity index is 1.43. The van der Waals surface area contributed by atoms with Crippen molar-refractivity contribution in [2.24, 2.45) is 12.8 Å². The van der Waals surface area contributed by atoms with Crippen LogP contribution in [0, 0.1) is 0 Å². The normalized spacial score (nSPS) is 24.8. The molecule has 1 aliphatic carbocycles. The minimum atomic E-state index is -0.103. The Kier molecular flexibility index (Phi) is 3.34. The number of rotatable bonds is 5. The van der Waals surface area contributed by atoms with Gasteiger partial charge in [-0.3, -0.25) is 9.36 Å². The van der Waals surface area contributed by atoms with Crippen LogP contribution in [-0.2, 0) is 18.3 Å². The summed E-state index contributed by atoms with van der Waals surface area (Å²) in [7, 11) is 1.92. The van der Waals surface area contributed by atoms with Crippen molar-refractivity contribution in [3.05, 3.63) is 24.0 Å². The lowest BCUT2D eigenvalue weighted by atomic mass is 10.2. The lowest BCUT2D eigenvalue weighted by molar-refractivity contribution is 0.140. The van der Waals surface area contributed by atoms with Crippen molar-refractivity contribution in [1.29, 1.82) is 0 Å². The summed E-state index contributed by atoms with van der Waals surface area (Å²) in [6.45, 7) is 1.65. The zero-order chi connectivity index (χ0) is 15.1. The quantitative estimate of drug-likeness (QED) is 0.838. The smallest absolute Gasteiger partial charge is 0.157 e. The van der Waals surface area contributed by atoms with Crippen molar-refractivity contribution in [1.82, 2.24) is 24.5 Å². The van der Waals surface area contributed by atoms with E-state index in [1.807, 2.05) is 17.9 Å². The average molecular weight is 304 g/mol. The van der Waals surface area contributed by atoms with Crippen LogP contribution in [0.15, 0.2) is 12.4 Å². The van der Waals surface area contributed by atoms with Gasteiger partial charge in [-0.25, -0.2) is 4.98 Å². The number of hydrogen-bond donors (Lipinski definition) is 1. The molecular weight excluding hydrogens is 284 g/mol. The molecule has 22 heavy (non-hydrogen) atoms. The molecule has 118 valence electrons. The topological polar surface area (TPSA) is 93.0 Å². The number of hydrogen-bond acceptors (Lipinski definition) is 6. The molecule has 2 N–H and O–H groups in total. The maximum Gasteiger partial charge on any atom is 0.157 e. The summed E-state index contributed by atoms with van der Waals surface area (Å²) in [5.41, 5.74) is 5.92. The van der Waals surface area contributed by atoms with Gasteiger partial charge in [0.15, 0.2) is 11.6 Å². The Morgan fingerprint density at radius 1 is 1.41 bits per heavy atom. The minimum absolute atomic E-state index is 0.0804. The lowest BCUT2D eigenvalue weighted by Gasteiger charge is -2.13. The Labute approximate surface area is 128 Å². The number of aromatic nitrogens is 5. The second kappa shape index (κ2) is 5.36. The van der Waals surface area contributed by atoms with E-state index in [0.29, 0.717) is 31.4 Å². The van der Waals surface area contributed by atoms with E-state index in [9.17, 15) is 0 Å². The van der Waals surface area contributed by atoms with Crippen LogP contribution in [0.3, 0.4) is 0 Å². The van der Waals surface area contributed by atoms with E-state index in [4.69, 9.17) is 15.2 Å². The van der Waals surface area contributed by atoms with E-state index in [1.54, 1.807) is 10.9 Å². The second-order valence-electron chi connectivity index (χ2n) is 6.02. The highest BCUT2D eigenvalue weighted by Gasteiger charge is 2.29. The fourth-order valence-corrected chi connectivity index (χ4v) is 2.57. The zero-order valence-corrected chi connectivity index (χ0v) is 12.6. The fraction of sp³-hybridized carbons (Fsp3) is 0.643. The third-order valence-corrected chi connectivity index (χ3v) is 4.08. The summed E-state index contributed by atoms with van der Waals surface area (Å²) in [4.78, 5) is 4.60. The maximum atomic E-state index is 5.92. The molecule has 3 heterocycles. The summed E-state index contributed by atoms with van der Waals surface area (Å²) >= 11 is 0. The lowest BCUT2D eigenvalue weighted by Crippen LogP contribution is -2.37. The Hall–Kier alpha value is -1.93. The maximum absolute atomic E-state index is 5.92. The first-order chi connectivity index (χ1) is 10.7. The van der Waals surface area contributed by atoms with Gasteiger partial charge >= 0.3 is 0 Å². The van der Waals surface area contributed by atoms with Crippen LogP contribution in [0.25, 0.3) is 0 Å². The van der Waals surface area contributed by atoms with E-state index in [0.717, 1.165) is 11.6 Å². The predicted molar refractivity (Wildman–Crippen MR) is 77.5 cm³/mol. The highest BCUT2D eigenvalue weighted by atomic mass is 16.5. The van der Waals surface area contributed by atoms with Crippen LogP contribution in [-0.4, -0.2) is 49.9 Å². The second-order valence-corrected chi connectivity index (χ2v) is 6.02. The molecule has 2 atom stereocenters. The number of nitrogens with two attached hydrogens (primary N) is 1. The highest BCUT2D eigenvalue weighted by molar-refractivity contribution is 5.14. The third kappa shape index (κ3) is 2.71. The SMILES string of the molecule is Cn1nc(C2CC2)nc1Cn1cc(O[C@@H]2COC[C@@H]2N)cn1. The van der Waals surface area contributed by atoms with Crippen molar-refractivity contribution in [2.75, 3.05) is 13.2 Å². The average Bonchev–Trinajstić information content (AvgIpc) is 2.98. The monoisotopic (exact) mass is 304 g/mol. The van der Waals surface area contributed by atoms with Gasteiger partial charge in [0.1, 0.15) is 18.5 Å². The first kappa shape index (κ1) is 13.7. The summed E-state index contributed by atoms with van der Waals surface area (Å²) < 4.78 is 14.7. The van der Waals surface area contributed by atoms with E-state index in [1.165, 1.54) is 12.8 Å². The van der Waals surface area contributed by atoms with E-state index in [-0.39, 0.29) is 12.1 Å². The molecule has 0 amide bonds. The van der Waals surface area contributed by atoms with Gasteiger partial charge in [-0.05, 0) is 12.8 Å². The largest absolute Gasteiger partial charge is 0.483 e. The Bertz CT molecular complexity index is 662. The molecule has 8 heteroatoms. The van der Waals surface area contributed by atoms with Crippen LogP contribution in [0.2, 0.25) is 0 Å².